The summed E-state index contributed by atoms with van der Waals surface area (Å²) in [6, 6.07) is 22.6. The summed E-state index contributed by atoms with van der Waals surface area (Å²) < 4.78 is 0. The monoisotopic (exact) mass is 560 g/mol. The van der Waals surface area contributed by atoms with Gasteiger partial charge < -0.3 is 15.1 Å². The quantitative estimate of drug-likeness (QED) is 0.329. The van der Waals surface area contributed by atoms with Gasteiger partial charge in [0.2, 0.25) is 0 Å². The van der Waals surface area contributed by atoms with E-state index in [0.29, 0.717) is 23.7 Å². The molecule has 2 N–H and O–H groups in total. The molecule has 40 heavy (non-hydrogen) atoms. The minimum absolute atomic E-state index is 0.0744. The Balaban J connectivity index is 0.000000406. The lowest BCUT2D eigenvalue weighted by molar-refractivity contribution is -0.134. The van der Waals surface area contributed by atoms with Crippen LogP contribution in [0.15, 0.2) is 78.9 Å². The molecular weight excluding hydrogens is 528 g/mol. The average Bonchev–Trinajstić information content (AvgIpc) is 3.37. The number of rotatable bonds is 8. The van der Waals surface area contributed by atoms with Crippen molar-refractivity contribution < 1.29 is 24.6 Å². The van der Waals surface area contributed by atoms with Gasteiger partial charge in [-0.1, -0.05) is 41.9 Å². The highest BCUT2D eigenvalue weighted by Gasteiger charge is 2.22. The van der Waals surface area contributed by atoms with Crippen molar-refractivity contribution in [2.45, 2.75) is 45.2 Å². The maximum absolute atomic E-state index is 13.6. The van der Waals surface area contributed by atoms with E-state index >= 15 is 0 Å². The number of aryl methyl sites for hydroxylation is 2. The molecule has 3 aromatic carbocycles. The molecule has 7 nitrogen and oxygen atoms in total. The zero-order valence-corrected chi connectivity index (χ0v) is 23.0. The second-order valence-corrected chi connectivity index (χ2v) is 10.4. The van der Waals surface area contributed by atoms with Gasteiger partial charge in [0.05, 0.1) is 0 Å². The molecule has 1 amide bonds. The molecule has 0 saturated carbocycles. The van der Waals surface area contributed by atoms with E-state index in [1.165, 1.54) is 35.1 Å². The highest BCUT2D eigenvalue weighted by Crippen LogP contribution is 2.26. The van der Waals surface area contributed by atoms with Crippen LogP contribution in [0.2, 0.25) is 5.02 Å². The number of halogens is 1. The van der Waals surface area contributed by atoms with Crippen molar-refractivity contribution >= 4 is 35.1 Å². The van der Waals surface area contributed by atoms with Gasteiger partial charge in [0, 0.05) is 54.6 Å². The van der Waals surface area contributed by atoms with Gasteiger partial charge in [-0.15, -0.1) is 0 Å². The normalized spacial score (nSPS) is 14.1. The zero-order chi connectivity index (χ0) is 28.5. The largest absolute Gasteiger partial charge is 0.478 e. The number of carbonyl (C=O) groups is 3. The molecule has 8 heteroatoms. The van der Waals surface area contributed by atoms with Crippen LogP contribution in [0.4, 0.5) is 5.69 Å². The van der Waals surface area contributed by atoms with E-state index in [-0.39, 0.29) is 5.91 Å². The maximum Gasteiger partial charge on any atom is 0.328 e. The van der Waals surface area contributed by atoms with Crippen LogP contribution in [0.1, 0.15) is 51.9 Å². The SMILES string of the molecule is O=C(O)/C=C/C(=O)O.O=C(c1ccc2c(c1)CCCC2)N(CCCN1Cc2ccccc2C1)c1ccc(Cl)cc1. The molecule has 1 aliphatic heterocycles. The van der Waals surface area contributed by atoms with E-state index in [0.717, 1.165) is 50.1 Å². The molecular formula is C32H33ClN2O5. The number of carbonyl (C=O) groups excluding carboxylic acids is 1. The number of hydrogen-bond acceptors (Lipinski definition) is 4. The first-order chi connectivity index (χ1) is 19.3. The summed E-state index contributed by atoms with van der Waals surface area (Å²) in [6.07, 6.45) is 6.70. The fourth-order valence-electron chi connectivity index (χ4n) is 5.15. The standard InChI is InChI=1S/C28H29ClN2O.C4H4O4/c29-26-12-14-27(15-13-26)31(17-5-16-30-19-24-8-3-4-9-25(24)20-30)28(32)23-11-10-21-6-1-2-7-22(21)18-23;5-3(6)1-2-4(7)8/h3-4,8-15,18H,1-2,5-7,16-17,19-20H2;1-2H,(H,5,6)(H,7,8)/b;2-1+. The van der Waals surface area contributed by atoms with Gasteiger partial charge in [-0.25, -0.2) is 9.59 Å². The number of hydrogen-bond donors (Lipinski definition) is 2. The van der Waals surface area contributed by atoms with Crippen LogP contribution in [-0.4, -0.2) is 46.0 Å². The molecule has 1 heterocycles. The lowest BCUT2D eigenvalue weighted by Crippen LogP contribution is -2.34. The lowest BCUT2D eigenvalue weighted by atomic mass is 9.90. The summed E-state index contributed by atoms with van der Waals surface area (Å²) in [6.45, 7) is 3.65. The average molecular weight is 561 g/mol. The van der Waals surface area contributed by atoms with Crippen LogP contribution in [0, 0.1) is 0 Å². The number of nitrogens with zero attached hydrogens (tertiary/aromatic N) is 2. The van der Waals surface area contributed by atoms with Gasteiger partial charge in [0.15, 0.2) is 0 Å². The fourth-order valence-corrected chi connectivity index (χ4v) is 5.27. The van der Waals surface area contributed by atoms with Gasteiger partial charge >= 0.3 is 11.9 Å². The number of amides is 1. The molecule has 2 aliphatic rings. The van der Waals surface area contributed by atoms with Crippen molar-refractivity contribution in [3.8, 4) is 0 Å². The van der Waals surface area contributed by atoms with Crippen LogP contribution in [-0.2, 0) is 35.5 Å². The van der Waals surface area contributed by atoms with Crippen LogP contribution in [0.3, 0.4) is 0 Å². The Morgan fingerprint density at radius 2 is 1.40 bits per heavy atom. The lowest BCUT2D eigenvalue weighted by Gasteiger charge is -2.25. The Bertz CT molecular complexity index is 1350. The molecule has 5 rings (SSSR count). The predicted molar refractivity (Wildman–Crippen MR) is 156 cm³/mol. The Morgan fingerprint density at radius 1 is 0.800 bits per heavy atom. The molecule has 0 radical (unpaired) electrons. The van der Waals surface area contributed by atoms with Crippen LogP contribution in [0.5, 0.6) is 0 Å². The molecule has 0 atom stereocenters. The van der Waals surface area contributed by atoms with E-state index in [1.54, 1.807) is 0 Å². The maximum atomic E-state index is 13.6. The van der Waals surface area contributed by atoms with E-state index in [2.05, 4.69) is 41.3 Å². The first-order valence-electron chi connectivity index (χ1n) is 13.4. The summed E-state index contributed by atoms with van der Waals surface area (Å²) in [5, 5.41) is 16.3. The highest BCUT2D eigenvalue weighted by molar-refractivity contribution is 6.30. The Kier molecular flexibility index (Phi) is 10.1. The highest BCUT2D eigenvalue weighted by atomic mass is 35.5. The first-order valence-corrected chi connectivity index (χ1v) is 13.8. The van der Waals surface area contributed by atoms with Gasteiger partial charge in [0.1, 0.15) is 0 Å². The number of fused-ring (bicyclic) bond motifs is 2. The van der Waals surface area contributed by atoms with Crippen molar-refractivity contribution in [1.82, 2.24) is 4.90 Å². The molecule has 0 unspecified atom stereocenters. The molecule has 1 aliphatic carbocycles. The molecule has 0 fully saturated rings. The summed E-state index contributed by atoms with van der Waals surface area (Å²) in [7, 11) is 0. The summed E-state index contributed by atoms with van der Waals surface area (Å²) in [5.41, 5.74) is 7.28. The molecule has 0 spiro atoms. The topological polar surface area (TPSA) is 98.1 Å². The molecule has 3 aromatic rings. The third kappa shape index (κ3) is 8.04. The Morgan fingerprint density at radius 3 is 2.00 bits per heavy atom. The molecule has 0 saturated heterocycles. The van der Waals surface area contributed by atoms with Gasteiger partial charge in [-0.3, -0.25) is 9.69 Å². The van der Waals surface area contributed by atoms with Crippen LogP contribution < -0.4 is 4.90 Å². The number of aliphatic carboxylic acids is 2. The number of carboxylic acids is 2. The van der Waals surface area contributed by atoms with Crippen LogP contribution in [0.25, 0.3) is 0 Å². The molecule has 0 aromatic heterocycles. The second-order valence-electron chi connectivity index (χ2n) is 9.97. The summed E-state index contributed by atoms with van der Waals surface area (Å²) in [5.74, 6) is -2.44. The van der Waals surface area contributed by atoms with E-state index < -0.39 is 11.9 Å². The minimum Gasteiger partial charge on any atom is -0.478 e. The van der Waals surface area contributed by atoms with Crippen molar-refractivity contribution in [2.75, 3.05) is 18.0 Å². The smallest absolute Gasteiger partial charge is 0.328 e. The molecule has 208 valence electrons. The third-order valence-electron chi connectivity index (χ3n) is 7.11. The van der Waals surface area contributed by atoms with Gasteiger partial charge in [0.25, 0.3) is 5.91 Å². The Labute approximate surface area is 239 Å². The third-order valence-corrected chi connectivity index (χ3v) is 7.36. The fraction of sp³-hybridized carbons (Fsp3) is 0.281. The van der Waals surface area contributed by atoms with Gasteiger partial charge in [-0.05, 0) is 90.8 Å². The number of anilines is 1. The predicted octanol–water partition coefficient (Wildman–Crippen LogP) is 5.98. The Hall–Kier alpha value is -3.94. The number of benzene rings is 3. The van der Waals surface area contributed by atoms with E-state index in [1.807, 2.05) is 35.2 Å². The van der Waals surface area contributed by atoms with Crippen molar-refractivity contribution in [3.63, 3.8) is 0 Å². The summed E-state index contributed by atoms with van der Waals surface area (Å²) in [4.78, 5) is 37.1. The van der Waals surface area contributed by atoms with Gasteiger partial charge in [-0.2, -0.15) is 0 Å². The number of carboxylic acid groups (broad SMARTS) is 2. The minimum atomic E-state index is -1.26. The van der Waals surface area contributed by atoms with Crippen molar-refractivity contribution in [3.05, 3.63) is 112 Å². The second kappa shape index (κ2) is 13.9. The van der Waals surface area contributed by atoms with Crippen molar-refractivity contribution in [2.24, 2.45) is 0 Å². The van der Waals surface area contributed by atoms with E-state index in [4.69, 9.17) is 21.8 Å². The summed E-state index contributed by atoms with van der Waals surface area (Å²) >= 11 is 6.12. The molecule has 0 bridgehead atoms. The van der Waals surface area contributed by atoms with Crippen molar-refractivity contribution in [1.29, 1.82) is 0 Å². The van der Waals surface area contributed by atoms with Crippen LogP contribution >= 0.6 is 11.6 Å². The first kappa shape index (κ1) is 29.1. The zero-order valence-electron chi connectivity index (χ0n) is 22.3. The van der Waals surface area contributed by atoms with E-state index in [9.17, 15) is 14.4 Å².